The number of hydrogen-bond acceptors (Lipinski definition) is 2. The number of aromatic amines is 1. The Hall–Kier alpha value is -0.900. The van der Waals surface area contributed by atoms with E-state index in [1.165, 1.54) is 0 Å². The second kappa shape index (κ2) is 1.80. The van der Waals surface area contributed by atoms with Crippen molar-refractivity contribution in [1.29, 1.82) is 0 Å². The van der Waals surface area contributed by atoms with Gasteiger partial charge in [0.2, 0.25) is 0 Å². The third-order valence-corrected chi connectivity index (χ3v) is 1.45. The first kappa shape index (κ1) is 4.93. The average molecular weight is 126 g/mol. The molecule has 0 aliphatic carbocycles. The summed E-state index contributed by atoms with van der Waals surface area (Å²) in [7, 11) is 0. The highest BCUT2D eigenvalue weighted by Gasteiger charge is 2.14. The monoisotopic (exact) mass is 126 g/mol. The molecular weight excluding hydrogens is 118 g/mol. The molecule has 4 heteroatoms. The molecule has 1 aliphatic rings. The first-order valence-corrected chi connectivity index (χ1v) is 2.96. The first-order chi connectivity index (χ1) is 4.47. The Kier molecular flexibility index (Phi) is 0.989. The molecule has 0 saturated heterocycles. The van der Waals surface area contributed by atoms with Crippen molar-refractivity contribution < 1.29 is 9.30 Å². The molecule has 0 spiro atoms. The zero-order valence-electron chi connectivity index (χ0n) is 5.00. The van der Waals surface area contributed by atoms with Crippen LogP contribution in [-0.4, -0.2) is 16.8 Å². The van der Waals surface area contributed by atoms with Crippen molar-refractivity contribution in [3.05, 3.63) is 12.2 Å². The molecule has 0 amide bonds. The third-order valence-electron chi connectivity index (χ3n) is 1.45. The Balaban J connectivity index is 2.39. The lowest BCUT2D eigenvalue weighted by Crippen LogP contribution is -2.42. The van der Waals surface area contributed by atoms with Crippen molar-refractivity contribution in [1.82, 2.24) is 10.2 Å². The number of rotatable bonds is 0. The molecule has 0 unspecified atom stereocenters. The fourth-order valence-electron chi connectivity index (χ4n) is 0.947. The Morgan fingerprint density at radius 3 is 3.67 bits per heavy atom. The minimum absolute atomic E-state index is 0.667. The van der Waals surface area contributed by atoms with Crippen molar-refractivity contribution in [3.8, 4) is 0 Å². The van der Waals surface area contributed by atoms with Crippen molar-refractivity contribution in [2.45, 2.75) is 13.2 Å². The van der Waals surface area contributed by atoms with Crippen molar-refractivity contribution in [3.63, 3.8) is 0 Å². The second-order valence-electron chi connectivity index (χ2n) is 2.05. The second-order valence-corrected chi connectivity index (χ2v) is 2.05. The number of nitrogens with zero attached hydrogens (tertiary/aromatic N) is 2. The lowest BCUT2D eigenvalue weighted by molar-refractivity contribution is -0.716. The smallest absolute Gasteiger partial charge is 0.265 e. The molecule has 1 aromatic rings. The topological polar surface area (TPSA) is 41.8 Å². The first-order valence-electron chi connectivity index (χ1n) is 2.96. The van der Waals surface area contributed by atoms with Crippen molar-refractivity contribution in [2.24, 2.45) is 0 Å². The van der Waals surface area contributed by atoms with Gasteiger partial charge in [0.05, 0.1) is 13.2 Å². The lowest BCUT2D eigenvalue weighted by atomic mass is 10.5. The maximum Gasteiger partial charge on any atom is 0.265 e. The van der Waals surface area contributed by atoms with Crippen molar-refractivity contribution in [2.75, 3.05) is 6.61 Å². The molecule has 0 bridgehead atoms. The van der Waals surface area contributed by atoms with Gasteiger partial charge in [0.25, 0.3) is 12.2 Å². The molecule has 48 valence electrons. The van der Waals surface area contributed by atoms with Gasteiger partial charge < -0.3 is 4.74 Å². The molecule has 1 aromatic heterocycles. The molecule has 1 N–H and O–H groups in total. The van der Waals surface area contributed by atoms with E-state index in [1.807, 2.05) is 0 Å². The van der Waals surface area contributed by atoms with Crippen LogP contribution in [0.3, 0.4) is 0 Å². The molecule has 9 heavy (non-hydrogen) atoms. The number of hydrogen-bond donors (Lipinski definition) is 1. The molecular formula is C5H8N3O+. The van der Waals surface area contributed by atoms with Crippen LogP contribution in [0.5, 0.6) is 0 Å². The highest BCUT2D eigenvalue weighted by Crippen LogP contribution is 1.93. The van der Waals surface area contributed by atoms with Gasteiger partial charge in [-0.1, -0.05) is 0 Å². The van der Waals surface area contributed by atoms with E-state index in [0.29, 0.717) is 6.61 Å². The van der Waals surface area contributed by atoms with E-state index < -0.39 is 0 Å². The zero-order chi connectivity index (χ0) is 6.10. The highest BCUT2D eigenvalue weighted by molar-refractivity contribution is 4.66. The predicted molar refractivity (Wildman–Crippen MR) is 28.4 cm³/mol. The highest BCUT2D eigenvalue weighted by atomic mass is 16.5. The van der Waals surface area contributed by atoms with Gasteiger partial charge >= 0.3 is 0 Å². The summed E-state index contributed by atoms with van der Waals surface area (Å²) in [6.07, 6.45) is 1.79. The van der Waals surface area contributed by atoms with Crippen LogP contribution in [0.25, 0.3) is 0 Å². The molecule has 4 nitrogen and oxygen atoms in total. The zero-order valence-corrected chi connectivity index (χ0v) is 5.00. The summed E-state index contributed by atoms with van der Waals surface area (Å²) in [6.45, 7) is 2.39. The van der Waals surface area contributed by atoms with Gasteiger partial charge in [-0.05, 0) is 0 Å². The predicted octanol–water partition coefficient (Wildman–Crippen LogP) is -0.773. The van der Waals surface area contributed by atoms with Crippen molar-refractivity contribution >= 4 is 0 Å². The molecule has 0 aromatic carbocycles. The van der Waals surface area contributed by atoms with Crippen LogP contribution in [-0.2, 0) is 17.9 Å². The molecule has 2 heterocycles. The summed E-state index contributed by atoms with van der Waals surface area (Å²) >= 11 is 0. The van der Waals surface area contributed by atoms with Gasteiger partial charge in [-0.2, -0.15) is 0 Å². The maximum absolute atomic E-state index is 5.16. The molecule has 2 rings (SSSR count). The third kappa shape index (κ3) is 0.712. The summed E-state index contributed by atoms with van der Waals surface area (Å²) in [5, 5.41) is 6.71. The van der Waals surface area contributed by atoms with E-state index in [1.54, 1.807) is 6.33 Å². The summed E-state index contributed by atoms with van der Waals surface area (Å²) in [5.74, 6) is 1.06. The van der Waals surface area contributed by atoms with Crippen LogP contribution in [0.2, 0.25) is 0 Å². The van der Waals surface area contributed by atoms with Crippen LogP contribution in [0.15, 0.2) is 6.33 Å². The Morgan fingerprint density at radius 2 is 2.78 bits per heavy atom. The Morgan fingerprint density at radius 1 is 1.78 bits per heavy atom. The Bertz CT molecular complexity index is 187. The SMILES string of the molecule is c1n[nH]c2[n+]1CCOC2. The van der Waals surface area contributed by atoms with Gasteiger partial charge in [-0.3, -0.25) is 0 Å². The van der Waals surface area contributed by atoms with E-state index >= 15 is 0 Å². The molecule has 0 fully saturated rings. The van der Waals surface area contributed by atoms with Gasteiger partial charge in [0, 0.05) is 5.10 Å². The molecule has 0 saturated carbocycles. The van der Waals surface area contributed by atoms with Crippen LogP contribution in [0.1, 0.15) is 5.82 Å². The van der Waals surface area contributed by atoms with Gasteiger partial charge in [-0.25, -0.2) is 4.57 Å². The van der Waals surface area contributed by atoms with Crippen LogP contribution >= 0.6 is 0 Å². The summed E-state index contributed by atoms with van der Waals surface area (Å²) in [6, 6.07) is 0. The van der Waals surface area contributed by atoms with E-state index in [9.17, 15) is 0 Å². The number of H-pyrrole nitrogens is 1. The minimum Gasteiger partial charge on any atom is -0.367 e. The summed E-state index contributed by atoms with van der Waals surface area (Å²) in [4.78, 5) is 0. The standard InChI is InChI=1S/C5H7N3O/c1-2-9-3-5-7-6-4-8(1)5/h4H,1-3H2/p+1. The fourth-order valence-corrected chi connectivity index (χ4v) is 0.947. The maximum atomic E-state index is 5.16. The van der Waals surface area contributed by atoms with Crippen LogP contribution in [0, 0.1) is 0 Å². The normalized spacial score (nSPS) is 17.3. The summed E-state index contributed by atoms with van der Waals surface area (Å²) < 4.78 is 7.22. The van der Waals surface area contributed by atoms with E-state index in [0.717, 1.165) is 19.0 Å². The molecule has 0 atom stereocenters. The number of ether oxygens (including phenoxy) is 1. The van der Waals surface area contributed by atoms with Crippen LogP contribution in [0.4, 0.5) is 0 Å². The van der Waals surface area contributed by atoms with Crippen LogP contribution < -0.4 is 4.57 Å². The summed E-state index contributed by atoms with van der Waals surface area (Å²) in [5.41, 5.74) is 0. The quantitative estimate of drug-likeness (QED) is 0.464. The molecule has 1 aliphatic heterocycles. The molecule has 0 radical (unpaired) electrons. The number of fused-ring (bicyclic) bond motifs is 1. The largest absolute Gasteiger partial charge is 0.367 e. The fraction of sp³-hybridized carbons (Fsp3) is 0.600. The average Bonchev–Trinajstić information content (AvgIpc) is 2.33. The Labute approximate surface area is 52.5 Å². The van der Waals surface area contributed by atoms with E-state index in [2.05, 4.69) is 14.8 Å². The number of aromatic nitrogens is 3. The van der Waals surface area contributed by atoms with E-state index in [-0.39, 0.29) is 0 Å². The lowest BCUT2D eigenvalue weighted by Gasteiger charge is -2.06. The van der Waals surface area contributed by atoms with Gasteiger partial charge in [0.1, 0.15) is 6.61 Å². The number of nitrogens with one attached hydrogen (secondary N) is 1. The van der Waals surface area contributed by atoms with E-state index in [4.69, 9.17) is 4.74 Å². The van der Waals surface area contributed by atoms with Gasteiger partial charge in [-0.15, -0.1) is 5.10 Å². The van der Waals surface area contributed by atoms with Gasteiger partial charge in [0.15, 0.2) is 0 Å². The minimum atomic E-state index is 0.667.